The Morgan fingerprint density at radius 1 is 1.08 bits per heavy atom. The van der Waals surface area contributed by atoms with Crippen LogP contribution in [0, 0.1) is 0 Å². The first-order chi connectivity index (χ1) is 11.7. The van der Waals surface area contributed by atoms with E-state index in [2.05, 4.69) is 14.9 Å². The van der Waals surface area contributed by atoms with E-state index in [9.17, 15) is 9.90 Å². The third-order valence-electron chi connectivity index (χ3n) is 5.18. The smallest absolute Gasteiger partial charge is 0.274 e. The molecule has 1 saturated carbocycles. The first kappa shape index (κ1) is 15.5. The van der Waals surface area contributed by atoms with Gasteiger partial charge >= 0.3 is 0 Å². The number of carbonyl (C=O) groups excluding carboxylic acids is 1. The summed E-state index contributed by atoms with van der Waals surface area (Å²) in [6.07, 6.45) is 4.41. The number of carbonyl (C=O) groups is 1. The van der Waals surface area contributed by atoms with Gasteiger partial charge in [0.25, 0.3) is 5.91 Å². The summed E-state index contributed by atoms with van der Waals surface area (Å²) >= 11 is 0. The van der Waals surface area contributed by atoms with E-state index in [1.54, 1.807) is 6.20 Å². The SMILES string of the molecule is O=C(c1cnc2ccccc2n1)N1CCN(C2CCCC2O)CC1. The lowest BCUT2D eigenvalue weighted by atomic mass is 10.1. The van der Waals surface area contributed by atoms with Crippen molar-refractivity contribution in [1.29, 1.82) is 0 Å². The summed E-state index contributed by atoms with van der Waals surface area (Å²) in [6.45, 7) is 2.98. The molecular weight excluding hydrogens is 304 g/mol. The average molecular weight is 326 g/mol. The summed E-state index contributed by atoms with van der Waals surface area (Å²) in [7, 11) is 0. The lowest BCUT2D eigenvalue weighted by molar-refractivity contribution is 0.0313. The summed E-state index contributed by atoms with van der Waals surface area (Å²) in [4.78, 5) is 25.6. The Hall–Kier alpha value is -2.05. The molecule has 1 aromatic heterocycles. The van der Waals surface area contributed by atoms with Gasteiger partial charge < -0.3 is 10.0 Å². The number of benzene rings is 1. The Morgan fingerprint density at radius 3 is 2.54 bits per heavy atom. The minimum atomic E-state index is -0.210. The van der Waals surface area contributed by atoms with Crippen LogP contribution in [0.15, 0.2) is 30.5 Å². The Balaban J connectivity index is 1.43. The molecule has 2 aromatic rings. The van der Waals surface area contributed by atoms with Crippen LogP contribution in [-0.2, 0) is 0 Å². The van der Waals surface area contributed by atoms with E-state index < -0.39 is 0 Å². The summed E-state index contributed by atoms with van der Waals surface area (Å²) in [5.74, 6) is -0.0557. The van der Waals surface area contributed by atoms with Crippen molar-refractivity contribution in [1.82, 2.24) is 19.8 Å². The molecule has 1 aliphatic heterocycles. The molecule has 2 atom stereocenters. The van der Waals surface area contributed by atoms with Crippen LogP contribution in [0.25, 0.3) is 11.0 Å². The van der Waals surface area contributed by atoms with Crippen LogP contribution < -0.4 is 0 Å². The maximum atomic E-state index is 12.7. The number of nitrogens with zero attached hydrogens (tertiary/aromatic N) is 4. The van der Waals surface area contributed by atoms with E-state index in [-0.39, 0.29) is 18.1 Å². The van der Waals surface area contributed by atoms with Gasteiger partial charge in [0.1, 0.15) is 5.69 Å². The highest BCUT2D eigenvalue weighted by Gasteiger charge is 2.33. The van der Waals surface area contributed by atoms with Crippen molar-refractivity contribution in [2.45, 2.75) is 31.4 Å². The van der Waals surface area contributed by atoms with Crippen molar-refractivity contribution >= 4 is 16.9 Å². The topological polar surface area (TPSA) is 69.6 Å². The van der Waals surface area contributed by atoms with Crippen molar-refractivity contribution in [2.24, 2.45) is 0 Å². The largest absolute Gasteiger partial charge is 0.391 e. The molecule has 1 N–H and O–H groups in total. The standard InChI is InChI=1S/C18H22N4O2/c23-17-7-3-6-16(17)21-8-10-22(11-9-21)18(24)15-12-19-13-4-1-2-5-14(13)20-15/h1-2,4-5,12,16-17,23H,3,6-11H2. The van der Waals surface area contributed by atoms with Gasteiger partial charge in [-0.3, -0.25) is 14.7 Å². The van der Waals surface area contributed by atoms with Gasteiger partial charge in [0.05, 0.1) is 23.3 Å². The monoisotopic (exact) mass is 326 g/mol. The predicted molar refractivity (Wildman–Crippen MR) is 90.7 cm³/mol. The Bertz CT molecular complexity index is 743. The lowest BCUT2D eigenvalue weighted by Gasteiger charge is -2.38. The molecule has 2 unspecified atom stereocenters. The number of hydrogen-bond acceptors (Lipinski definition) is 5. The molecule has 6 nitrogen and oxygen atoms in total. The number of para-hydroxylation sites is 2. The van der Waals surface area contributed by atoms with Crippen molar-refractivity contribution < 1.29 is 9.90 Å². The van der Waals surface area contributed by atoms with Crippen LogP contribution in [0.4, 0.5) is 0 Å². The van der Waals surface area contributed by atoms with Crippen LogP contribution in [0.5, 0.6) is 0 Å². The lowest BCUT2D eigenvalue weighted by Crippen LogP contribution is -2.53. The highest BCUT2D eigenvalue weighted by atomic mass is 16.3. The van der Waals surface area contributed by atoms with Crippen molar-refractivity contribution in [3.63, 3.8) is 0 Å². The minimum Gasteiger partial charge on any atom is -0.391 e. The van der Waals surface area contributed by atoms with Gasteiger partial charge in [0.2, 0.25) is 0 Å². The van der Waals surface area contributed by atoms with Crippen LogP contribution in [0.1, 0.15) is 29.8 Å². The minimum absolute atomic E-state index is 0.0557. The second-order valence-electron chi connectivity index (χ2n) is 6.64. The predicted octanol–water partition coefficient (Wildman–Crippen LogP) is 1.30. The molecule has 6 heteroatoms. The molecular formula is C18H22N4O2. The van der Waals surface area contributed by atoms with Crippen molar-refractivity contribution in [3.8, 4) is 0 Å². The molecule has 0 radical (unpaired) electrons. The number of hydrogen-bond donors (Lipinski definition) is 1. The number of fused-ring (bicyclic) bond motifs is 1. The fourth-order valence-corrected chi connectivity index (χ4v) is 3.83. The van der Waals surface area contributed by atoms with E-state index in [4.69, 9.17) is 0 Å². The fraction of sp³-hybridized carbons (Fsp3) is 0.500. The first-order valence-corrected chi connectivity index (χ1v) is 8.65. The summed E-state index contributed by atoms with van der Waals surface area (Å²) in [5.41, 5.74) is 1.95. The molecule has 1 aliphatic carbocycles. The van der Waals surface area contributed by atoms with E-state index in [1.807, 2.05) is 29.2 Å². The van der Waals surface area contributed by atoms with Crippen molar-refractivity contribution in [2.75, 3.05) is 26.2 Å². The average Bonchev–Trinajstić information content (AvgIpc) is 3.07. The summed E-state index contributed by atoms with van der Waals surface area (Å²) in [6, 6.07) is 7.84. The first-order valence-electron chi connectivity index (χ1n) is 8.65. The van der Waals surface area contributed by atoms with Crippen LogP contribution in [0.3, 0.4) is 0 Å². The molecule has 2 aliphatic rings. The normalized spacial score (nSPS) is 25.3. The zero-order valence-electron chi connectivity index (χ0n) is 13.6. The number of aromatic nitrogens is 2. The maximum Gasteiger partial charge on any atom is 0.274 e. The second-order valence-corrected chi connectivity index (χ2v) is 6.64. The molecule has 24 heavy (non-hydrogen) atoms. The summed E-state index contributed by atoms with van der Waals surface area (Å²) < 4.78 is 0. The third-order valence-corrected chi connectivity index (χ3v) is 5.18. The number of piperazine rings is 1. The van der Waals surface area contributed by atoms with Crippen molar-refractivity contribution in [3.05, 3.63) is 36.2 Å². The van der Waals surface area contributed by atoms with Gasteiger partial charge in [-0.2, -0.15) is 0 Å². The number of amides is 1. The van der Waals surface area contributed by atoms with E-state index in [1.165, 1.54) is 0 Å². The maximum absolute atomic E-state index is 12.7. The van der Waals surface area contributed by atoms with E-state index in [0.717, 1.165) is 43.4 Å². The van der Waals surface area contributed by atoms with Gasteiger partial charge in [-0.05, 0) is 31.4 Å². The fourth-order valence-electron chi connectivity index (χ4n) is 3.83. The van der Waals surface area contributed by atoms with Gasteiger partial charge in [-0.1, -0.05) is 12.1 Å². The van der Waals surface area contributed by atoms with Crippen LogP contribution >= 0.6 is 0 Å². The summed E-state index contributed by atoms with van der Waals surface area (Å²) in [5, 5.41) is 10.1. The third kappa shape index (κ3) is 2.87. The number of rotatable bonds is 2. The Morgan fingerprint density at radius 2 is 1.83 bits per heavy atom. The molecule has 126 valence electrons. The molecule has 2 heterocycles. The molecule has 1 amide bonds. The van der Waals surface area contributed by atoms with E-state index in [0.29, 0.717) is 18.8 Å². The molecule has 1 saturated heterocycles. The number of aliphatic hydroxyl groups is 1. The Labute approximate surface area is 141 Å². The van der Waals surface area contributed by atoms with Gasteiger partial charge in [-0.15, -0.1) is 0 Å². The number of aliphatic hydroxyl groups excluding tert-OH is 1. The van der Waals surface area contributed by atoms with Gasteiger partial charge in [-0.25, -0.2) is 4.98 Å². The zero-order chi connectivity index (χ0) is 16.5. The van der Waals surface area contributed by atoms with E-state index >= 15 is 0 Å². The zero-order valence-corrected chi connectivity index (χ0v) is 13.6. The molecule has 4 rings (SSSR count). The molecule has 1 aromatic carbocycles. The van der Waals surface area contributed by atoms with Gasteiger partial charge in [0, 0.05) is 32.2 Å². The highest BCUT2D eigenvalue weighted by molar-refractivity contribution is 5.93. The second kappa shape index (κ2) is 6.45. The van der Waals surface area contributed by atoms with Crippen LogP contribution in [-0.4, -0.2) is 69.1 Å². The molecule has 2 fully saturated rings. The molecule has 0 bridgehead atoms. The van der Waals surface area contributed by atoms with Gasteiger partial charge in [0.15, 0.2) is 0 Å². The van der Waals surface area contributed by atoms with Crippen LogP contribution in [0.2, 0.25) is 0 Å². The Kier molecular flexibility index (Phi) is 4.16. The quantitative estimate of drug-likeness (QED) is 0.901. The molecule has 0 spiro atoms. The highest BCUT2D eigenvalue weighted by Crippen LogP contribution is 2.25.